The maximum absolute atomic E-state index is 14.3. The number of rotatable bonds is 15. The average molecular weight is 925 g/mol. The van der Waals surface area contributed by atoms with Crippen molar-refractivity contribution in [2.24, 2.45) is 5.92 Å². The summed E-state index contributed by atoms with van der Waals surface area (Å²) in [4.78, 5) is 68.3. The number of aliphatic hydroxyl groups excluding tert-OH is 2. The van der Waals surface area contributed by atoms with Gasteiger partial charge in [0.15, 0.2) is 5.11 Å². The molecule has 7 N–H and O–H groups in total. The number of pyridine rings is 2. The predicted molar refractivity (Wildman–Crippen MR) is 243 cm³/mol. The molecule has 348 valence electrons. The van der Waals surface area contributed by atoms with Crippen LogP contribution in [0.25, 0.3) is 22.3 Å². The van der Waals surface area contributed by atoms with E-state index in [0.29, 0.717) is 28.5 Å². The molecule has 3 aliphatic rings. The highest BCUT2D eigenvalue weighted by Crippen LogP contribution is 2.41. The van der Waals surface area contributed by atoms with Gasteiger partial charge in [0, 0.05) is 47.6 Å². The number of amides is 1. The van der Waals surface area contributed by atoms with E-state index in [2.05, 4.69) is 31.2 Å². The maximum Gasteiger partial charge on any atom is 0.355 e. The largest absolute Gasteiger partial charge is 0.462 e. The number of cyclic esters (lactones) is 1. The standard InChI is InChI=1S/C46H52N8O11S/c1-6-46(31-17-34-36-26(15-25-9-7-8-10-32(25)51-36)19-54(34)41(58)30(31)20-62-44(46)60)65-42(59)35(23(2)3)53-40(57)33(16-28-18-47-21-48-28)52-45(66)50-22-49-27-11-13-29(14-12-27)64-43-38(56)39(61-5)37(55)24(4)63-43/h7-15,17-18,21,23-24,33,35,37-39,43,49,55-56H,6,16,19-20,22H2,1-5H3,(H,47,48)(H,53,57)(H2,50,52,66)/t24-,33-,35-,37+,38-,39+,43+,46-/m0/s1. The molecule has 8 rings (SSSR count). The van der Waals surface area contributed by atoms with E-state index in [0.717, 1.165) is 16.5 Å². The number of anilines is 1. The van der Waals surface area contributed by atoms with Gasteiger partial charge in [-0.05, 0) is 73.9 Å². The average Bonchev–Trinajstić information content (AvgIpc) is 3.95. The number of aromatic nitrogens is 4. The van der Waals surface area contributed by atoms with Gasteiger partial charge in [0.1, 0.15) is 42.8 Å². The van der Waals surface area contributed by atoms with E-state index in [1.807, 2.05) is 30.3 Å². The Hall–Kier alpha value is -6.45. The first-order valence-electron chi connectivity index (χ1n) is 21.6. The van der Waals surface area contributed by atoms with Crippen molar-refractivity contribution in [3.05, 3.63) is 106 Å². The molecule has 0 radical (unpaired) electrons. The molecule has 0 bridgehead atoms. The van der Waals surface area contributed by atoms with Gasteiger partial charge in [-0.1, -0.05) is 39.0 Å². The van der Waals surface area contributed by atoms with Crippen LogP contribution in [0.3, 0.4) is 0 Å². The van der Waals surface area contributed by atoms with Crippen LogP contribution >= 0.6 is 12.2 Å². The number of fused-ring (bicyclic) bond motifs is 5. The smallest absolute Gasteiger partial charge is 0.355 e. The molecule has 20 heteroatoms. The number of esters is 2. The molecule has 0 aliphatic carbocycles. The van der Waals surface area contributed by atoms with Gasteiger partial charge in [-0.15, -0.1) is 0 Å². The number of aliphatic hydroxyl groups is 2. The van der Waals surface area contributed by atoms with Gasteiger partial charge in [0.05, 0.1) is 48.1 Å². The topological polar surface area (TPSA) is 250 Å². The lowest BCUT2D eigenvalue weighted by Gasteiger charge is -2.40. The van der Waals surface area contributed by atoms with E-state index >= 15 is 0 Å². The Morgan fingerprint density at radius 2 is 1.85 bits per heavy atom. The number of benzene rings is 2. The molecule has 0 unspecified atom stereocenters. The number of imidazole rings is 1. The first-order chi connectivity index (χ1) is 31.7. The Bertz CT molecular complexity index is 2680. The number of hydrogen-bond acceptors (Lipinski definition) is 15. The van der Waals surface area contributed by atoms with Crippen LogP contribution in [0.1, 0.15) is 56.5 Å². The number of para-hydroxylation sites is 1. The van der Waals surface area contributed by atoms with E-state index in [1.165, 1.54) is 13.4 Å². The molecule has 0 spiro atoms. The van der Waals surface area contributed by atoms with Crippen LogP contribution < -0.4 is 31.6 Å². The fourth-order valence-corrected chi connectivity index (χ4v) is 8.70. The molecule has 6 heterocycles. The normalized spacial score (nSPS) is 22.8. The fourth-order valence-electron chi connectivity index (χ4n) is 8.49. The van der Waals surface area contributed by atoms with Crippen LogP contribution in [0.15, 0.2) is 78.0 Å². The third-order valence-electron chi connectivity index (χ3n) is 12.2. The summed E-state index contributed by atoms with van der Waals surface area (Å²) in [6.07, 6.45) is -1.70. The number of carbonyl (C=O) groups excluding carboxylic acids is 3. The van der Waals surface area contributed by atoms with Crippen molar-refractivity contribution in [3.63, 3.8) is 0 Å². The zero-order chi connectivity index (χ0) is 46.9. The number of nitrogens with one attached hydrogen (secondary N) is 5. The quantitative estimate of drug-likeness (QED) is 0.0444. The Balaban J connectivity index is 0.936. The van der Waals surface area contributed by atoms with E-state index in [-0.39, 0.29) is 54.5 Å². The highest BCUT2D eigenvalue weighted by Gasteiger charge is 2.52. The Morgan fingerprint density at radius 3 is 2.56 bits per heavy atom. The highest BCUT2D eigenvalue weighted by molar-refractivity contribution is 7.80. The molecule has 0 saturated carbocycles. The number of thiocarbonyl (C=S) groups is 1. The van der Waals surface area contributed by atoms with Crippen molar-refractivity contribution < 1.29 is 48.3 Å². The molecule has 1 saturated heterocycles. The zero-order valence-electron chi connectivity index (χ0n) is 36.9. The van der Waals surface area contributed by atoms with Crippen molar-refractivity contribution in [3.8, 4) is 17.1 Å². The summed E-state index contributed by atoms with van der Waals surface area (Å²) < 4.78 is 30.1. The summed E-state index contributed by atoms with van der Waals surface area (Å²) >= 11 is 5.59. The van der Waals surface area contributed by atoms with E-state index in [4.69, 9.17) is 40.9 Å². The number of nitrogens with zero attached hydrogens (tertiary/aromatic N) is 3. The molecule has 3 aliphatic heterocycles. The maximum atomic E-state index is 14.3. The summed E-state index contributed by atoms with van der Waals surface area (Å²) in [6.45, 7) is 6.92. The highest BCUT2D eigenvalue weighted by atomic mass is 32.1. The second-order valence-corrected chi connectivity index (χ2v) is 17.2. The van der Waals surface area contributed by atoms with E-state index in [1.54, 1.807) is 68.8 Å². The first kappa shape index (κ1) is 46.1. The van der Waals surface area contributed by atoms with Crippen molar-refractivity contribution in [2.45, 2.75) is 102 Å². The lowest BCUT2D eigenvalue weighted by Crippen LogP contribution is -2.59. The molecular formula is C46H52N8O11S. The van der Waals surface area contributed by atoms with Crippen molar-refractivity contribution >= 4 is 51.8 Å². The summed E-state index contributed by atoms with van der Waals surface area (Å²) in [5.74, 6) is -2.42. The van der Waals surface area contributed by atoms with E-state index in [9.17, 15) is 29.4 Å². The van der Waals surface area contributed by atoms with Crippen LogP contribution in [0.5, 0.6) is 5.75 Å². The monoisotopic (exact) mass is 924 g/mol. The Morgan fingerprint density at radius 1 is 1.08 bits per heavy atom. The van der Waals surface area contributed by atoms with Crippen LogP contribution in [-0.2, 0) is 58.5 Å². The minimum absolute atomic E-state index is 0.0555. The van der Waals surface area contributed by atoms with Crippen molar-refractivity contribution in [1.82, 2.24) is 35.5 Å². The molecule has 66 heavy (non-hydrogen) atoms. The van der Waals surface area contributed by atoms with Crippen LogP contribution in [0.2, 0.25) is 0 Å². The fraction of sp³-hybridized carbons (Fsp3) is 0.413. The number of H-pyrrole nitrogens is 1. The SMILES string of the molecule is CC[C@@]1(OC(=O)[C@@H](NC(=O)[C@H](Cc2cnc[nH]2)NC(=S)NCNc2ccc(O[C@H]3O[C@@H](C)[C@@H](O)[C@@H](OC)[C@@H]3O)cc2)C(C)C)C(=O)OCc2c1cc1n(c2=O)Cc2cc3ccccc3nc2-1. The number of ether oxygens (including phenoxy) is 5. The molecule has 2 aromatic carbocycles. The first-order valence-corrected chi connectivity index (χ1v) is 22.0. The molecule has 8 atom stereocenters. The summed E-state index contributed by atoms with van der Waals surface area (Å²) in [7, 11) is 1.39. The van der Waals surface area contributed by atoms with Gasteiger partial charge in [0.25, 0.3) is 5.56 Å². The van der Waals surface area contributed by atoms with Crippen molar-refractivity contribution in [1.29, 1.82) is 0 Å². The number of aromatic amines is 1. The second kappa shape index (κ2) is 19.2. The van der Waals surface area contributed by atoms with Gasteiger partial charge >= 0.3 is 11.9 Å². The summed E-state index contributed by atoms with van der Waals surface area (Å²) in [5, 5.41) is 34.0. The summed E-state index contributed by atoms with van der Waals surface area (Å²) in [5.41, 5.74) is 2.04. The molecule has 1 fully saturated rings. The Kier molecular flexibility index (Phi) is 13.4. The third kappa shape index (κ3) is 9.06. The molecule has 1 amide bonds. The van der Waals surface area contributed by atoms with Gasteiger partial charge in [0.2, 0.25) is 17.8 Å². The van der Waals surface area contributed by atoms with E-state index < -0.39 is 72.2 Å². The van der Waals surface area contributed by atoms with Crippen LogP contribution in [-0.4, -0.2) is 109 Å². The number of hydrogen-bond donors (Lipinski definition) is 7. The lowest BCUT2D eigenvalue weighted by molar-refractivity contribution is -0.272. The van der Waals surface area contributed by atoms with Crippen LogP contribution in [0.4, 0.5) is 5.69 Å². The molecule has 5 aromatic rings. The lowest BCUT2D eigenvalue weighted by atomic mass is 9.85. The van der Waals surface area contributed by atoms with Crippen LogP contribution in [0, 0.1) is 5.92 Å². The van der Waals surface area contributed by atoms with Gasteiger partial charge in [-0.25, -0.2) is 19.6 Å². The molecular weight excluding hydrogens is 873 g/mol. The van der Waals surface area contributed by atoms with Gasteiger partial charge in [-0.3, -0.25) is 9.59 Å². The predicted octanol–water partition coefficient (Wildman–Crippen LogP) is 2.50. The summed E-state index contributed by atoms with van der Waals surface area (Å²) in [6, 6.07) is 15.9. The second-order valence-electron chi connectivity index (χ2n) is 16.8. The number of methoxy groups -OCH3 is 1. The minimum atomic E-state index is -1.99. The third-order valence-corrected chi connectivity index (χ3v) is 12.4. The van der Waals surface area contributed by atoms with Crippen molar-refractivity contribution in [2.75, 3.05) is 19.1 Å². The molecule has 19 nitrogen and oxygen atoms in total. The zero-order valence-corrected chi connectivity index (χ0v) is 37.7. The minimum Gasteiger partial charge on any atom is -0.462 e. The van der Waals surface area contributed by atoms with Gasteiger partial charge in [-0.2, -0.15) is 0 Å². The molecule has 3 aromatic heterocycles. The number of carbonyl (C=O) groups is 3. The van der Waals surface area contributed by atoms with Gasteiger partial charge < -0.3 is 64.7 Å². The Labute approximate surface area is 384 Å².